The van der Waals surface area contributed by atoms with Crippen molar-refractivity contribution in [3.63, 3.8) is 0 Å². The summed E-state index contributed by atoms with van der Waals surface area (Å²) in [5.74, 6) is 2.33. The second-order valence-electron chi connectivity index (χ2n) is 7.06. The molecule has 0 spiro atoms. The van der Waals surface area contributed by atoms with Gasteiger partial charge in [0.05, 0.1) is 0 Å². The van der Waals surface area contributed by atoms with E-state index in [0.29, 0.717) is 11.5 Å². The van der Waals surface area contributed by atoms with Crippen LogP contribution in [0.1, 0.15) is 52.5 Å². The van der Waals surface area contributed by atoms with Crippen LogP contribution in [-0.2, 0) is 0 Å². The van der Waals surface area contributed by atoms with Crippen LogP contribution in [0.4, 0.5) is 0 Å². The van der Waals surface area contributed by atoms with Gasteiger partial charge in [0.15, 0.2) is 0 Å². The third-order valence-electron chi connectivity index (χ3n) is 5.08. The van der Waals surface area contributed by atoms with E-state index in [1.54, 1.807) is 0 Å². The molecule has 1 aromatic rings. The lowest BCUT2D eigenvalue weighted by molar-refractivity contribution is 0.164. The molecule has 106 valence electrons. The largest absolute Gasteiger partial charge is 0.314 e. The Bertz CT molecular complexity index is 395. The van der Waals surface area contributed by atoms with E-state index >= 15 is 0 Å². The Morgan fingerprint density at radius 3 is 2.32 bits per heavy atom. The highest BCUT2D eigenvalue weighted by Crippen LogP contribution is 2.59. The van der Waals surface area contributed by atoms with Gasteiger partial charge in [0, 0.05) is 12.6 Å². The lowest BCUT2D eigenvalue weighted by Crippen LogP contribution is -2.41. The summed E-state index contributed by atoms with van der Waals surface area (Å²) in [6.07, 6.45) is 1.36. The van der Waals surface area contributed by atoms with Crippen LogP contribution in [-0.4, -0.2) is 12.6 Å². The fraction of sp³-hybridized carbons (Fsp3) is 0.667. The highest BCUT2D eigenvalue weighted by molar-refractivity contribution is 5.27. The molecule has 1 aliphatic carbocycles. The Morgan fingerprint density at radius 1 is 1.16 bits per heavy atom. The molecule has 1 nitrogen and oxygen atoms in total. The first-order valence-corrected chi connectivity index (χ1v) is 7.73. The fourth-order valence-electron chi connectivity index (χ4n) is 3.18. The van der Waals surface area contributed by atoms with Crippen LogP contribution < -0.4 is 5.32 Å². The van der Waals surface area contributed by atoms with E-state index in [1.807, 2.05) is 0 Å². The Hall–Kier alpha value is -0.820. The van der Waals surface area contributed by atoms with Crippen LogP contribution in [0.5, 0.6) is 0 Å². The molecule has 1 saturated carbocycles. The van der Waals surface area contributed by atoms with Crippen molar-refractivity contribution in [3.05, 3.63) is 35.9 Å². The molecule has 2 rings (SSSR count). The van der Waals surface area contributed by atoms with Gasteiger partial charge in [-0.25, -0.2) is 0 Å². The van der Waals surface area contributed by atoms with Gasteiger partial charge in [0.25, 0.3) is 0 Å². The van der Waals surface area contributed by atoms with Crippen LogP contribution in [0.3, 0.4) is 0 Å². The molecule has 0 radical (unpaired) electrons. The molecule has 0 aliphatic heterocycles. The van der Waals surface area contributed by atoms with Crippen LogP contribution in [0, 0.1) is 17.3 Å². The fourth-order valence-corrected chi connectivity index (χ4v) is 3.18. The van der Waals surface area contributed by atoms with Gasteiger partial charge >= 0.3 is 0 Å². The third-order valence-corrected chi connectivity index (χ3v) is 5.08. The number of benzene rings is 1. The highest BCUT2D eigenvalue weighted by atomic mass is 14.9. The van der Waals surface area contributed by atoms with Gasteiger partial charge in [-0.15, -0.1) is 0 Å². The average molecular weight is 259 g/mol. The predicted molar refractivity (Wildman–Crippen MR) is 83.4 cm³/mol. The molecule has 3 unspecified atom stereocenters. The van der Waals surface area contributed by atoms with Gasteiger partial charge in [-0.3, -0.25) is 0 Å². The monoisotopic (exact) mass is 259 g/mol. The van der Waals surface area contributed by atoms with Crippen molar-refractivity contribution in [2.24, 2.45) is 17.3 Å². The quantitative estimate of drug-likeness (QED) is 0.796. The smallest absolute Gasteiger partial charge is 0.00129 e. The second kappa shape index (κ2) is 5.66. The van der Waals surface area contributed by atoms with Crippen molar-refractivity contribution in [1.82, 2.24) is 5.32 Å². The number of rotatable bonds is 6. The number of hydrogen-bond donors (Lipinski definition) is 1. The maximum absolute atomic E-state index is 3.66. The summed E-state index contributed by atoms with van der Waals surface area (Å²) >= 11 is 0. The normalized spacial score (nSPS) is 25.6. The zero-order valence-electron chi connectivity index (χ0n) is 13.1. The Labute approximate surface area is 118 Å². The number of hydrogen-bond acceptors (Lipinski definition) is 1. The van der Waals surface area contributed by atoms with Gasteiger partial charge in [0.1, 0.15) is 0 Å². The lowest BCUT2D eigenvalue weighted by atomic mass is 9.73. The molecule has 0 heterocycles. The van der Waals surface area contributed by atoms with E-state index in [4.69, 9.17) is 0 Å². The van der Waals surface area contributed by atoms with Gasteiger partial charge < -0.3 is 5.32 Å². The van der Waals surface area contributed by atoms with E-state index < -0.39 is 0 Å². The Balaban J connectivity index is 2.06. The molecule has 0 saturated heterocycles. The van der Waals surface area contributed by atoms with E-state index in [2.05, 4.69) is 70.3 Å². The van der Waals surface area contributed by atoms with Gasteiger partial charge in [-0.1, -0.05) is 65.0 Å². The molecule has 1 aliphatic rings. The summed E-state index contributed by atoms with van der Waals surface area (Å²) in [5.41, 5.74) is 1.94. The predicted octanol–water partition coefficient (Wildman–Crippen LogP) is 4.45. The Kier molecular flexibility index (Phi) is 4.35. The molecular formula is C18H29N. The molecule has 1 aromatic carbocycles. The van der Waals surface area contributed by atoms with E-state index in [9.17, 15) is 0 Å². The zero-order valence-corrected chi connectivity index (χ0v) is 13.1. The standard InChI is InChI=1S/C18H29N/c1-13(2)18(5,12-19-14(3)4)17-11-16(17)15-9-7-6-8-10-15/h6-10,13-14,16-17,19H,11-12H2,1-5H3. The van der Waals surface area contributed by atoms with Crippen LogP contribution in [0.25, 0.3) is 0 Å². The van der Waals surface area contributed by atoms with Crippen molar-refractivity contribution in [2.75, 3.05) is 6.54 Å². The van der Waals surface area contributed by atoms with Gasteiger partial charge in [0.2, 0.25) is 0 Å². The van der Waals surface area contributed by atoms with E-state index in [-0.39, 0.29) is 0 Å². The van der Waals surface area contributed by atoms with Crippen molar-refractivity contribution < 1.29 is 0 Å². The summed E-state index contributed by atoms with van der Waals surface area (Å²) in [6.45, 7) is 12.8. The molecule has 0 amide bonds. The summed E-state index contributed by atoms with van der Waals surface area (Å²) in [4.78, 5) is 0. The molecule has 19 heavy (non-hydrogen) atoms. The molecule has 1 fully saturated rings. The molecule has 1 N–H and O–H groups in total. The summed E-state index contributed by atoms with van der Waals surface area (Å²) in [7, 11) is 0. The minimum absolute atomic E-state index is 0.408. The molecule has 3 atom stereocenters. The van der Waals surface area contributed by atoms with Crippen molar-refractivity contribution >= 4 is 0 Å². The first-order chi connectivity index (χ1) is 8.95. The minimum Gasteiger partial charge on any atom is -0.314 e. The first kappa shape index (κ1) is 14.6. The van der Waals surface area contributed by atoms with E-state index in [1.165, 1.54) is 12.0 Å². The van der Waals surface area contributed by atoms with Crippen LogP contribution in [0.15, 0.2) is 30.3 Å². The third kappa shape index (κ3) is 3.20. The van der Waals surface area contributed by atoms with Gasteiger partial charge in [-0.2, -0.15) is 0 Å². The Morgan fingerprint density at radius 2 is 1.79 bits per heavy atom. The first-order valence-electron chi connectivity index (χ1n) is 7.73. The zero-order chi connectivity index (χ0) is 14.0. The van der Waals surface area contributed by atoms with Crippen LogP contribution in [0.2, 0.25) is 0 Å². The summed E-state index contributed by atoms with van der Waals surface area (Å²) in [5, 5.41) is 3.66. The van der Waals surface area contributed by atoms with E-state index in [0.717, 1.165) is 24.3 Å². The van der Waals surface area contributed by atoms with Crippen molar-refractivity contribution in [3.8, 4) is 0 Å². The average Bonchev–Trinajstić information content (AvgIpc) is 3.17. The van der Waals surface area contributed by atoms with Gasteiger partial charge in [-0.05, 0) is 35.2 Å². The van der Waals surface area contributed by atoms with Crippen molar-refractivity contribution in [1.29, 1.82) is 0 Å². The van der Waals surface area contributed by atoms with Crippen LogP contribution >= 0.6 is 0 Å². The molecule has 1 heteroatoms. The second-order valence-corrected chi connectivity index (χ2v) is 7.06. The highest BCUT2D eigenvalue weighted by Gasteiger charge is 2.51. The topological polar surface area (TPSA) is 12.0 Å². The summed E-state index contributed by atoms with van der Waals surface area (Å²) < 4.78 is 0. The lowest BCUT2D eigenvalue weighted by Gasteiger charge is -2.36. The summed E-state index contributed by atoms with van der Waals surface area (Å²) in [6, 6.07) is 11.6. The minimum atomic E-state index is 0.408. The molecular weight excluding hydrogens is 230 g/mol. The molecule has 0 bridgehead atoms. The maximum atomic E-state index is 3.66. The molecule has 0 aromatic heterocycles. The van der Waals surface area contributed by atoms with Crippen molar-refractivity contribution in [2.45, 2.75) is 53.0 Å². The SMILES string of the molecule is CC(C)NCC(C)(C(C)C)C1CC1c1ccccc1. The number of nitrogens with one attached hydrogen (secondary N) is 1. The maximum Gasteiger partial charge on any atom is 0.00129 e.